The first-order chi connectivity index (χ1) is 15.9. The summed E-state index contributed by atoms with van der Waals surface area (Å²) in [5.41, 5.74) is 4.76. The minimum atomic E-state index is -0.830. The summed E-state index contributed by atoms with van der Waals surface area (Å²) in [6, 6.07) is 21.7. The van der Waals surface area contributed by atoms with Crippen LogP contribution in [0.25, 0.3) is 0 Å². The van der Waals surface area contributed by atoms with E-state index < -0.39 is 17.6 Å². The fourth-order valence-corrected chi connectivity index (χ4v) is 4.11. The zero-order chi connectivity index (χ0) is 23.4. The first-order valence-electron chi connectivity index (χ1n) is 10.9. The van der Waals surface area contributed by atoms with E-state index in [9.17, 15) is 14.0 Å². The smallest absolute Gasteiger partial charge is 0.313 e. The van der Waals surface area contributed by atoms with E-state index in [1.807, 2.05) is 43.3 Å². The summed E-state index contributed by atoms with van der Waals surface area (Å²) in [7, 11) is 3.97. The first kappa shape index (κ1) is 22.3. The number of nitrogens with one attached hydrogen (secondary N) is 2. The van der Waals surface area contributed by atoms with Crippen molar-refractivity contribution in [2.24, 2.45) is 0 Å². The third-order valence-electron chi connectivity index (χ3n) is 5.84. The Morgan fingerprint density at radius 2 is 1.76 bits per heavy atom. The van der Waals surface area contributed by atoms with Gasteiger partial charge in [-0.3, -0.25) is 9.59 Å². The lowest BCUT2D eigenvalue weighted by molar-refractivity contribution is -0.136. The molecule has 0 bridgehead atoms. The van der Waals surface area contributed by atoms with Crippen molar-refractivity contribution in [2.45, 2.75) is 12.5 Å². The van der Waals surface area contributed by atoms with Crippen LogP contribution in [-0.4, -0.2) is 39.0 Å². The van der Waals surface area contributed by atoms with Crippen LogP contribution in [0.1, 0.15) is 17.2 Å². The summed E-state index contributed by atoms with van der Waals surface area (Å²) in [5, 5.41) is 5.21. The molecule has 0 fully saturated rings. The molecule has 3 aromatic carbocycles. The van der Waals surface area contributed by atoms with Crippen molar-refractivity contribution in [3.8, 4) is 0 Å². The highest BCUT2D eigenvalue weighted by Gasteiger charge is 2.28. The average molecular weight is 447 g/mol. The summed E-state index contributed by atoms with van der Waals surface area (Å²) in [5.74, 6) is -2.08. The van der Waals surface area contributed by atoms with Crippen molar-refractivity contribution in [3.63, 3.8) is 0 Å². The summed E-state index contributed by atoms with van der Waals surface area (Å²) in [4.78, 5) is 29.2. The molecule has 7 heteroatoms. The van der Waals surface area contributed by atoms with Gasteiger partial charge in [-0.25, -0.2) is 4.39 Å². The molecule has 0 radical (unpaired) electrons. The topological polar surface area (TPSA) is 64.7 Å². The van der Waals surface area contributed by atoms with Gasteiger partial charge >= 0.3 is 11.8 Å². The highest BCUT2D eigenvalue weighted by molar-refractivity contribution is 6.39. The second-order valence-electron chi connectivity index (χ2n) is 8.25. The number of carbonyl (C=O) groups excluding carboxylic acids is 2. The molecule has 1 aliphatic heterocycles. The summed E-state index contributed by atoms with van der Waals surface area (Å²) < 4.78 is 13.4. The predicted octanol–water partition coefficient (Wildman–Crippen LogP) is 3.75. The number of para-hydroxylation sites is 1. The third kappa shape index (κ3) is 5.14. The summed E-state index contributed by atoms with van der Waals surface area (Å²) >= 11 is 0. The maximum absolute atomic E-state index is 13.4. The van der Waals surface area contributed by atoms with E-state index in [0.29, 0.717) is 0 Å². The molecule has 1 aliphatic rings. The number of nitrogens with zero attached hydrogens (tertiary/aromatic N) is 2. The molecule has 2 amide bonds. The van der Waals surface area contributed by atoms with E-state index >= 15 is 0 Å². The van der Waals surface area contributed by atoms with Gasteiger partial charge in [-0.05, 0) is 53.9 Å². The van der Waals surface area contributed by atoms with Gasteiger partial charge in [-0.15, -0.1) is 0 Å². The number of benzene rings is 3. The predicted molar refractivity (Wildman–Crippen MR) is 129 cm³/mol. The van der Waals surface area contributed by atoms with Gasteiger partial charge < -0.3 is 20.4 Å². The first-order valence-corrected chi connectivity index (χ1v) is 10.9. The second-order valence-corrected chi connectivity index (χ2v) is 8.25. The van der Waals surface area contributed by atoms with Crippen molar-refractivity contribution in [2.75, 3.05) is 42.3 Å². The lowest BCUT2D eigenvalue weighted by atomic mass is 10.0. The van der Waals surface area contributed by atoms with Gasteiger partial charge in [0.25, 0.3) is 0 Å². The number of carbonyl (C=O) groups is 2. The van der Waals surface area contributed by atoms with Crippen molar-refractivity contribution in [3.05, 3.63) is 89.7 Å². The number of fused-ring (bicyclic) bond motifs is 1. The van der Waals surface area contributed by atoms with Crippen LogP contribution in [-0.2, 0) is 16.0 Å². The van der Waals surface area contributed by atoms with Crippen LogP contribution in [0, 0.1) is 5.82 Å². The molecule has 0 spiro atoms. The second kappa shape index (κ2) is 9.73. The Bertz CT molecular complexity index is 1150. The Hall–Kier alpha value is -3.87. The maximum atomic E-state index is 13.4. The molecule has 4 rings (SSSR count). The van der Waals surface area contributed by atoms with Gasteiger partial charge in [-0.1, -0.05) is 36.4 Å². The zero-order valence-electron chi connectivity index (χ0n) is 18.7. The monoisotopic (exact) mass is 446 g/mol. The van der Waals surface area contributed by atoms with Gasteiger partial charge in [-0.2, -0.15) is 0 Å². The zero-order valence-corrected chi connectivity index (χ0v) is 18.7. The highest BCUT2D eigenvalue weighted by atomic mass is 19.1. The van der Waals surface area contributed by atoms with Crippen molar-refractivity contribution in [1.29, 1.82) is 0 Å². The molecular weight excluding hydrogens is 419 g/mol. The van der Waals surface area contributed by atoms with Gasteiger partial charge in [0.15, 0.2) is 0 Å². The Morgan fingerprint density at radius 3 is 2.48 bits per heavy atom. The average Bonchev–Trinajstić information content (AvgIpc) is 3.23. The lowest BCUT2D eigenvalue weighted by Gasteiger charge is -2.31. The van der Waals surface area contributed by atoms with Crippen LogP contribution in [0.15, 0.2) is 72.8 Å². The Morgan fingerprint density at radius 1 is 1.00 bits per heavy atom. The van der Waals surface area contributed by atoms with Crippen LogP contribution < -0.4 is 20.4 Å². The number of rotatable bonds is 6. The number of hydrogen-bond donors (Lipinski definition) is 2. The molecule has 0 aliphatic carbocycles. The molecule has 0 saturated heterocycles. The van der Waals surface area contributed by atoms with E-state index in [1.165, 1.54) is 29.8 Å². The minimum absolute atomic E-state index is 0.143. The van der Waals surface area contributed by atoms with Gasteiger partial charge in [0.2, 0.25) is 0 Å². The molecule has 170 valence electrons. The van der Waals surface area contributed by atoms with Gasteiger partial charge in [0.05, 0.1) is 6.04 Å². The molecule has 2 N–H and O–H groups in total. The molecular formula is C26H27FN4O2. The van der Waals surface area contributed by atoms with Crippen molar-refractivity contribution >= 4 is 28.9 Å². The Balaban J connectivity index is 1.51. The van der Waals surface area contributed by atoms with Crippen LogP contribution >= 0.6 is 0 Å². The molecule has 1 atom stereocenters. The highest BCUT2D eigenvalue weighted by Crippen LogP contribution is 2.35. The fourth-order valence-electron chi connectivity index (χ4n) is 4.11. The largest absolute Gasteiger partial charge is 0.378 e. The Kier molecular flexibility index (Phi) is 6.58. The minimum Gasteiger partial charge on any atom is -0.378 e. The molecule has 0 unspecified atom stereocenters. The number of hydrogen-bond acceptors (Lipinski definition) is 4. The van der Waals surface area contributed by atoms with E-state index in [0.717, 1.165) is 29.9 Å². The lowest BCUT2D eigenvalue weighted by Crippen LogP contribution is -2.41. The van der Waals surface area contributed by atoms with E-state index in [4.69, 9.17) is 0 Å². The molecule has 3 aromatic rings. The molecule has 6 nitrogen and oxygen atoms in total. The van der Waals surface area contributed by atoms with Crippen molar-refractivity contribution in [1.82, 2.24) is 5.32 Å². The van der Waals surface area contributed by atoms with Crippen LogP contribution in [0.5, 0.6) is 0 Å². The molecule has 0 saturated carbocycles. The van der Waals surface area contributed by atoms with Crippen LogP contribution in [0.3, 0.4) is 0 Å². The number of amides is 2. The fraction of sp³-hybridized carbons (Fsp3) is 0.231. The standard InChI is InChI=1S/C26H27FN4O2/c1-30(2)22-12-10-19(11-13-22)24(31-15-14-18-6-3-4-9-23(18)31)17-28-25(32)26(33)29-21-8-5-7-20(27)16-21/h3-13,16,24H,14-15,17H2,1-2H3,(H,28,32)(H,29,33)/t24-/m0/s1. The summed E-state index contributed by atoms with van der Waals surface area (Å²) in [6.07, 6.45) is 0.927. The number of anilines is 3. The van der Waals surface area contributed by atoms with E-state index in [1.54, 1.807) is 0 Å². The number of halogens is 1. The van der Waals surface area contributed by atoms with E-state index in [2.05, 4.69) is 39.8 Å². The quantitative estimate of drug-likeness (QED) is 0.566. The van der Waals surface area contributed by atoms with Gasteiger partial charge in [0.1, 0.15) is 5.82 Å². The SMILES string of the molecule is CN(C)c1ccc([C@H](CNC(=O)C(=O)Nc2cccc(F)c2)N2CCc3ccccc32)cc1. The molecule has 0 aromatic heterocycles. The summed E-state index contributed by atoms with van der Waals surface area (Å²) in [6.45, 7) is 1.08. The Labute approximate surface area is 193 Å². The van der Waals surface area contributed by atoms with Crippen molar-refractivity contribution < 1.29 is 14.0 Å². The van der Waals surface area contributed by atoms with Crippen LogP contribution in [0.4, 0.5) is 21.5 Å². The maximum Gasteiger partial charge on any atom is 0.313 e. The molecule has 1 heterocycles. The molecule has 33 heavy (non-hydrogen) atoms. The van der Waals surface area contributed by atoms with Gasteiger partial charge in [0, 0.05) is 44.2 Å². The third-order valence-corrected chi connectivity index (χ3v) is 5.84. The van der Waals surface area contributed by atoms with E-state index in [-0.39, 0.29) is 18.3 Å². The van der Waals surface area contributed by atoms with Crippen LogP contribution in [0.2, 0.25) is 0 Å². The normalized spacial score (nSPS) is 13.2.